The van der Waals surface area contributed by atoms with Crippen molar-refractivity contribution in [3.63, 3.8) is 0 Å². The van der Waals surface area contributed by atoms with E-state index >= 15 is 0 Å². The summed E-state index contributed by atoms with van der Waals surface area (Å²) in [5.41, 5.74) is 0.837. The molecule has 4 aliphatic rings. The zero-order valence-corrected chi connectivity index (χ0v) is 13.6. The third-order valence-corrected chi connectivity index (χ3v) is 5.96. The first kappa shape index (κ1) is 15.9. The lowest BCUT2D eigenvalue weighted by molar-refractivity contribution is -0.126. The maximum Gasteiger partial charge on any atom is 0.387 e. The number of halogens is 2. The fraction of sp³-hybridized carbons (Fsp3) is 0.632. The number of ether oxygens (including phenoxy) is 1. The normalized spacial score (nSPS) is 33.7. The van der Waals surface area contributed by atoms with E-state index in [0.29, 0.717) is 0 Å². The Bertz CT molecular complexity index is 579. The number of carbonyl (C=O) groups excluding carboxylic acids is 1. The molecule has 1 aromatic carbocycles. The van der Waals surface area contributed by atoms with E-state index in [1.165, 1.54) is 31.4 Å². The second kappa shape index (κ2) is 6.01. The minimum atomic E-state index is -2.82. The van der Waals surface area contributed by atoms with Gasteiger partial charge in [-0.2, -0.15) is 8.78 Å². The van der Waals surface area contributed by atoms with Crippen LogP contribution >= 0.6 is 0 Å². The Morgan fingerprint density at radius 3 is 2.12 bits per heavy atom. The van der Waals surface area contributed by atoms with Crippen LogP contribution < -0.4 is 10.1 Å². The second-order valence-electron chi connectivity index (χ2n) is 7.95. The van der Waals surface area contributed by atoms with Gasteiger partial charge in [-0.25, -0.2) is 0 Å². The molecule has 0 heterocycles. The summed E-state index contributed by atoms with van der Waals surface area (Å²) >= 11 is 0. The summed E-state index contributed by atoms with van der Waals surface area (Å²) in [4.78, 5) is 12.5. The molecule has 24 heavy (non-hydrogen) atoms. The Hall–Kier alpha value is -1.65. The third kappa shape index (κ3) is 3.26. The zero-order valence-electron chi connectivity index (χ0n) is 13.6. The number of carbonyl (C=O) groups is 1. The molecule has 5 rings (SSSR count). The molecule has 5 heteroatoms. The zero-order chi connectivity index (χ0) is 16.7. The Kier molecular flexibility index (Phi) is 3.97. The Labute approximate surface area is 140 Å². The highest BCUT2D eigenvalue weighted by molar-refractivity contribution is 5.79. The molecule has 4 bridgehead atoms. The van der Waals surface area contributed by atoms with Gasteiger partial charge in [-0.1, -0.05) is 12.1 Å². The molecular formula is C19H23F2NO2. The molecule has 0 aromatic heterocycles. The van der Waals surface area contributed by atoms with E-state index in [0.717, 1.165) is 42.6 Å². The molecule has 4 aliphatic carbocycles. The van der Waals surface area contributed by atoms with Crippen molar-refractivity contribution in [2.24, 2.45) is 17.8 Å². The molecule has 0 saturated heterocycles. The molecule has 1 aromatic rings. The molecule has 4 fully saturated rings. The Morgan fingerprint density at radius 1 is 1.08 bits per heavy atom. The molecular weight excluding hydrogens is 312 g/mol. The van der Waals surface area contributed by atoms with Crippen molar-refractivity contribution in [3.05, 3.63) is 29.8 Å². The van der Waals surface area contributed by atoms with Crippen molar-refractivity contribution in [2.75, 3.05) is 0 Å². The fourth-order valence-electron chi connectivity index (χ4n) is 5.58. The standard InChI is InChI=1S/C19H23F2NO2/c20-18(21)24-16-3-1-12(2-4-16)8-17(23)22-19-9-13-5-14(10-19)7-15(6-13)11-19/h1-4,13-15,18H,5-11H2,(H,22,23). The highest BCUT2D eigenvalue weighted by atomic mass is 19.3. The van der Waals surface area contributed by atoms with E-state index in [1.54, 1.807) is 12.1 Å². The minimum Gasteiger partial charge on any atom is -0.435 e. The lowest BCUT2D eigenvalue weighted by atomic mass is 9.53. The van der Waals surface area contributed by atoms with Crippen LogP contribution in [0.25, 0.3) is 0 Å². The van der Waals surface area contributed by atoms with Crippen molar-refractivity contribution < 1.29 is 18.3 Å². The number of hydrogen-bond acceptors (Lipinski definition) is 2. The van der Waals surface area contributed by atoms with E-state index in [4.69, 9.17) is 0 Å². The number of alkyl halides is 2. The number of amides is 1. The van der Waals surface area contributed by atoms with Gasteiger partial charge in [0.25, 0.3) is 0 Å². The minimum absolute atomic E-state index is 0.0184. The first-order chi connectivity index (χ1) is 11.5. The van der Waals surface area contributed by atoms with Gasteiger partial charge in [0.15, 0.2) is 0 Å². The molecule has 0 radical (unpaired) electrons. The number of rotatable bonds is 5. The maximum absolute atomic E-state index is 12.5. The largest absolute Gasteiger partial charge is 0.435 e. The van der Waals surface area contributed by atoms with E-state index in [9.17, 15) is 13.6 Å². The molecule has 0 spiro atoms. The van der Waals surface area contributed by atoms with Crippen LogP contribution in [-0.2, 0) is 11.2 Å². The van der Waals surface area contributed by atoms with Gasteiger partial charge in [0.2, 0.25) is 5.91 Å². The fourth-order valence-corrected chi connectivity index (χ4v) is 5.58. The summed E-state index contributed by atoms with van der Waals surface area (Å²) < 4.78 is 28.6. The number of nitrogens with one attached hydrogen (secondary N) is 1. The summed E-state index contributed by atoms with van der Waals surface area (Å²) in [5, 5.41) is 3.33. The molecule has 0 atom stereocenters. The summed E-state index contributed by atoms with van der Waals surface area (Å²) in [5.74, 6) is 2.54. The van der Waals surface area contributed by atoms with Crippen LogP contribution in [0.15, 0.2) is 24.3 Å². The average molecular weight is 335 g/mol. The smallest absolute Gasteiger partial charge is 0.387 e. The highest BCUT2D eigenvalue weighted by Crippen LogP contribution is 2.55. The van der Waals surface area contributed by atoms with Crippen molar-refractivity contribution in [3.8, 4) is 5.75 Å². The molecule has 4 saturated carbocycles. The predicted molar refractivity (Wildman–Crippen MR) is 85.8 cm³/mol. The quantitative estimate of drug-likeness (QED) is 0.886. The SMILES string of the molecule is O=C(Cc1ccc(OC(F)F)cc1)NC12CC3CC(CC(C3)C1)C2. The molecule has 1 N–H and O–H groups in total. The summed E-state index contributed by atoms with van der Waals surface area (Å²) in [6, 6.07) is 6.33. The van der Waals surface area contributed by atoms with Gasteiger partial charge >= 0.3 is 6.61 Å². The van der Waals surface area contributed by atoms with Gasteiger partial charge in [-0.05, 0) is 74.0 Å². The first-order valence-electron chi connectivity index (χ1n) is 8.84. The van der Waals surface area contributed by atoms with Crippen LogP contribution in [0.3, 0.4) is 0 Å². The van der Waals surface area contributed by atoms with Crippen molar-refractivity contribution in [1.82, 2.24) is 5.32 Å². The van der Waals surface area contributed by atoms with Gasteiger partial charge in [-0.3, -0.25) is 4.79 Å². The number of benzene rings is 1. The molecule has 0 unspecified atom stereocenters. The van der Waals surface area contributed by atoms with Gasteiger partial charge in [0, 0.05) is 5.54 Å². The van der Waals surface area contributed by atoms with Crippen molar-refractivity contribution in [2.45, 2.75) is 57.1 Å². The van der Waals surface area contributed by atoms with E-state index in [-0.39, 0.29) is 23.6 Å². The van der Waals surface area contributed by atoms with E-state index in [2.05, 4.69) is 10.1 Å². The Morgan fingerprint density at radius 2 is 1.62 bits per heavy atom. The highest BCUT2D eigenvalue weighted by Gasteiger charge is 2.51. The van der Waals surface area contributed by atoms with Crippen LogP contribution in [0.2, 0.25) is 0 Å². The summed E-state index contributed by atoms with van der Waals surface area (Å²) in [6.07, 6.45) is 7.72. The third-order valence-electron chi connectivity index (χ3n) is 5.96. The number of hydrogen-bond donors (Lipinski definition) is 1. The van der Waals surface area contributed by atoms with Gasteiger partial charge in [0.05, 0.1) is 6.42 Å². The molecule has 1 amide bonds. The van der Waals surface area contributed by atoms with E-state index in [1.807, 2.05) is 0 Å². The van der Waals surface area contributed by atoms with Crippen LogP contribution in [0.1, 0.15) is 44.1 Å². The summed E-state index contributed by atoms with van der Waals surface area (Å²) in [6.45, 7) is -2.82. The summed E-state index contributed by atoms with van der Waals surface area (Å²) in [7, 11) is 0. The predicted octanol–water partition coefficient (Wildman–Crippen LogP) is 3.92. The topological polar surface area (TPSA) is 38.3 Å². The van der Waals surface area contributed by atoms with Crippen LogP contribution in [0.5, 0.6) is 5.75 Å². The monoisotopic (exact) mass is 335 g/mol. The van der Waals surface area contributed by atoms with Crippen LogP contribution in [0.4, 0.5) is 8.78 Å². The van der Waals surface area contributed by atoms with Crippen molar-refractivity contribution >= 4 is 5.91 Å². The van der Waals surface area contributed by atoms with Gasteiger partial charge < -0.3 is 10.1 Å². The van der Waals surface area contributed by atoms with Crippen molar-refractivity contribution in [1.29, 1.82) is 0 Å². The molecule has 130 valence electrons. The Balaban J connectivity index is 1.37. The maximum atomic E-state index is 12.5. The van der Waals surface area contributed by atoms with Gasteiger partial charge in [0.1, 0.15) is 5.75 Å². The second-order valence-corrected chi connectivity index (χ2v) is 7.95. The van der Waals surface area contributed by atoms with E-state index < -0.39 is 6.61 Å². The van der Waals surface area contributed by atoms with Crippen LogP contribution in [0, 0.1) is 17.8 Å². The lowest BCUT2D eigenvalue weighted by Gasteiger charge is -2.56. The average Bonchev–Trinajstić information content (AvgIpc) is 2.46. The molecule has 3 nitrogen and oxygen atoms in total. The van der Waals surface area contributed by atoms with Crippen LogP contribution in [-0.4, -0.2) is 18.1 Å². The lowest BCUT2D eigenvalue weighted by Crippen LogP contribution is -2.60. The molecule has 0 aliphatic heterocycles. The van der Waals surface area contributed by atoms with Gasteiger partial charge in [-0.15, -0.1) is 0 Å². The first-order valence-corrected chi connectivity index (χ1v) is 8.84.